The molecule has 0 spiro atoms. The van der Waals surface area contributed by atoms with Crippen LogP contribution in [0, 0.1) is 0 Å². The number of hydrogen-bond acceptors (Lipinski definition) is 4. The summed E-state index contributed by atoms with van der Waals surface area (Å²) in [5.41, 5.74) is -0.178. The summed E-state index contributed by atoms with van der Waals surface area (Å²) >= 11 is 1.41. The van der Waals surface area contributed by atoms with Crippen LogP contribution in [0.2, 0.25) is 0 Å². The van der Waals surface area contributed by atoms with E-state index in [1.807, 2.05) is 30.3 Å². The van der Waals surface area contributed by atoms with E-state index >= 15 is 0 Å². The first-order valence-corrected chi connectivity index (χ1v) is 8.05. The van der Waals surface area contributed by atoms with Crippen molar-refractivity contribution in [2.45, 2.75) is 12.6 Å². The quantitative estimate of drug-likeness (QED) is 0.751. The fraction of sp³-hybridized carbons (Fsp3) is 0.176. The van der Waals surface area contributed by atoms with E-state index < -0.39 is 6.10 Å². The van der Waals surface area contributed by atoms with E-state index in [2.05, 4.69) is 5.32 Å². The largest absolute Gasteiger partial charge is 0.389 e. The Hall–Kier alpha value is -2.44. The highest BCUT2D eigenvalue weighted by Gasteiger charge is 2.12. The highest BCUT2D eigenvalue weighted by molar-refractivity contribution is 7.20. The van der Waals surface area contributed by atoms with Gasteiger partial charge in [0.25, 0.3) is 11.5 Å². The Morgan fingerprint density at radius 2 is 2.00 bits per heavy atom. The van der Waals surface area contributed by atoms with Crippen LogP contribution in [0.25, 0.3) is 10.1 Å². The molecule has 0 fully saturated rings. The molecular weight excluding hydrogens is 312 g/mol. The number of hydrogen-bond donors (Lipinski definition) is 2. The number of carbonyl (C=O) groups is 1. The molecule has 1 unspecified atom stereocenters. The van der Waals surface area contributed by atoms with E-state index in [1.54, 1.807) is 18.3 Å². The van der Waals surface area contributed by atoms with Gasteiger partial charge in [-0.05, 0) is 23.6 Å². The highest BCUT2D eigenvalue weighted by atomic mass is 32.1. The van der Waals surface area contributed by atoms with Crippen LogP contribution < -0.4 is 10.9 Å². The molecule has 5 nitrogen and oxygen atoms in total. The monoisotopic (exact) mass is 328 g/mol. The van der Waals surface area contributed by atoms with Gasteiger partial charge < -0.3 is 15.0 Å². The maximum Gasteiger partial charge on any atom is 0.261 e. The standard InChI is InChI=1S/C17H16N2O3S/c20-13(11-19-8-4-3-7-16(19)21)10-18-17(22)15-9-12-5-1-2-6-14(12)23-15/h1-9,13,20H,10-11H2,(H,18,22). The molecule has 0 saturated carbocycles. The van der Waals surface area contributed by atoms with Gasteiger partial charge in [-0.3, -0.25) is 9.59 Å². The van der Waals surface area contributed by atoms with E-state index in [1.165, 1.54) is 22.0 Å². The number of aliphatic hydroxyl groups is 1. The van der Waals surface area contributed by atoms with Gasteiger partial charge >= 0.3 is 0 Å². The number of carbonyl (C=O) groups excluding carboxylic acids is 1. The van der Waals surface area contributed by atoms with Crippen molar-refractivity contribution in [1.82, 2.24) is 9.88 Å². The lowest BCUT2D eigenvalue weighted by Crippen LogP contribution is -2.36. The van der Waals surface area contributed by atoms with Crippen LogP contribution in [0.4, 0.5) is 0 Å². The third-order valence-corrected chi connectivity index (χ3v) is 4.57. The van der Waals surface area contributed by atoms with Gasteiger partial charge in [-0.2, -0.15) is 0 Å². The summed E-state index contributed by atoms with van der Waals surface area (Å²) in [5.74, 6) is -0.217. The molecule has 2 aromatic heterocycles. The molecule has 3 rings (SSSR count). The number of nitrogens with one attached hydrogen (secondary N) is 1. The molecule has 2 N–H and O–H groups in total. The summed E-state index contributed by atoms with van der Waals surface area (Å²) in [4.78, 5) is 24.3. The Balaban J connectivity index is 1.60. The molecule has 118 valence electrons. The van der Waals surface area contributed by atoms with Gasteiger partial charge in [-0.15, -0.1) is 11.3 Å². The van der Waals surface area contributed by atoms with E-state index in [0.717, 1.165) is 10.1 Å². The number of aromatic nitrogens is 1. The Labute approximate surface area is 136 Å². The number of rotatable bonds is 5. The number of thiophene rings is 1. The number of pyridine rings is 1. The second-order valence-corrected chi connectivity index (χ2v) is 6.29. The molecule has 0 aliphatic heterocycles. The van der Waals surface area contributed by atoms with Crippen molar-refractivity contribution < 1.29 is 9.90 Å². The van der Waals surface area contributed by atoms with Crippen LogP contribution in [0.5, 0.6) is 0 Å². The molecule has 6 heteroatoms. The van der Waals surface area contributed by atoms with Gasteiger partial charge in [-0.25, -0.2) is 0 Å². The zero-order chi connectivity index (χ0) is 16.2. The number of aliphatic hydroxyl groups excluding tert-OH is 1. The fourth-order valence-corrected chi connectivity index (χ4v) is 3.27. The van der Waals surface area contributed by atoms with Crippen molar-refractivity contribution in [2.75, 3.05) is 6.54 Å². The molecule has 3 aromatic rings. The van der Waals surface area contributed by atoms with Crippen molar-refractivity contribution in [2.24, 2.45) is 0 Å². The van der Waals surface area contributed by atoms with E-state index in [4.69, 9.17) is 0 Å². The minimum Gasteiger partial charge on any atom is -0.389 e. The first-order valence-electron chi connectivity index (χ1n) is 7.24. The number of amides is 1. The summed E-state index contributed by atoms with van der Waals surface area (Å²) in [5, 5.41) is 13.7. The zero-order valence-electron chi connectivity index (χ0n) is 12.3. The van der Waals surface area contributed by atoms with Gasteiger partial charge in [0.1, 0.15) is 0 Å². The van der Waals surface area contributed by atoms with Crippen molar-refractivity contribution >= 4 is 27.3 Å². The zero-order valence-corrected chi connectivity index (χ0v) is 13.1. The molecule has 23 heavy (non-hydrogen) atoms. The Bertz CT molecular complexity index is 851. The van der Waals surface area contributed by atoms with Crippen LogP contribution in [-0.2, 0) is 6.54 Å². The number of fused-ring (bicyclic) bond motifs is 1. The second-order valence-electron chi connectivity index (χ2n) is 5.20. The van der Waals surface area contributed by atoms with E-state index in [9.17, 15) is 14.7 Å². The van der Waals surface area contributed by atoms with Crippen molar-refractivity contribution in [1.29, 1.82) is 0 Å². The van der Waals surface area contributed by atoms with Crippen LogP contribution >= 0.6 is 11.3 Å². The number of nitrogens with zero attached hydrogens (tertiary/aromatic N) is 1. The SMILES string of the molecule is O=C(NCC(O)Cn1ccccc1=O)c1cc2ccccc2s1. The predicted molar refractivity (Wildman–Crippen MR) is 90.9 cm³/mol. The first-order chi connectivity index (χ1) is 11.1. The summed E-state index contributed by atoms with van der Waals surface area (Å²) in [6.07, 6.45) is 0.785. The topological polar surface area (TPSA) is 71.3 Å². The Morgan fingerprint density at radius 1 is 1.22 bits per heavy atom. The van der Waals surface area contributed by atoms with Gasteiger partial charge in [0.2, 0.25) is 0 Å². The third-order valence-electron chi connectivity index (χ3n) is 3.45. The molecular formula is C17H16N2O3S. The Kier molecular flexibility index (Phi) is 4.55. The summed E-state index contributed by atoms with van der Waals surface area (Å²) in [6, 6.07) is 14.4. The van der Waals surface area contributed by atoms with Gasteiger partial charge in [-0.1, -0.05) is 24.3 Å². The molecule has 0 aliphatic rings. The predicted octanol–water partition coefficient (Wildman–Crippen LogP) is 1.85. The summed E-state index contributed by atoms with van der Waals surface area (Å²) < 4.78 is 2.46. The smallest absolute Gasteiger partial charge is 0.261 e. The molecule has 1 aromatic carbocycles. The van der Waals surface area contributed by atoms with E-state index in [-0.39, 0.29) is 24.6 Å². The van der Waals surface area contributed by atoms with Crippen LogP contribution in [0.15, 0.2) is 59.5 Å². The van der Waals surface area contributed by atoms with Crippen molar-refractivity contribution in [3.8, 4) is 0 Å². The maximum absolute atomic E-state index is 12.2. The molecule has 0 aliphatic carbocycles. The van der Waals surface area contributed by atoms with Crippen LogP contribution in [0.3, 0.4) is 0 Å². The molecule has 2 heterocycles. The molecule has 1 atom stereocenters. The minimum absolute atomic E-state index is 0.0917. The third kappa shape index (κ3) is 3.67. The molecule has 0 radical (unpaired) electrons. The summed E-state index contributed by atoms with van der Waals surface area (Å²) in [7, 11) is 0. The molecule has 0 saturated heterocycles. The molecule has 1 amide bonds. The second kappa shape index (κ2) is 6.76. The first kappa shape index (κ1) is 15.5. The van der Waals surface area contributed by atoms with Gasteiger partial charge in [0, 0.05) is 23.5 Å². The lowest BCUT2D eigenvalue weighted by molar-refractivity contribution is 0.0907. The minimum atomic E-state index is -0.826. The van der Waals surface area contributed by atoms with E-state index in [0.29, 0.717) is 4.88 Å². The van der Waals surface area contributed by atoms with Crippen LogP contribution in [0.1, 0.15) is 9.67 Å². The van der Waals surface area contributed by atoms with Gasteiger partial charge in [0.15, 0.2) is 0 Å². The lowest BCUT2D eigenvalue weighted by Gasteiger charge is -2.13. The number of benzene rings is 1. The molecule has 0 bridgehead atoms. The highest BCUT2D eigenvalue weighted by Crippen LogP contribution is 2.24. The fourth-order valence-electron chi connectivity index (χ4n) is 2.29. The average Bonchev–Trinajstić information content (AvgIpc) is 2.99. The Morgan fingerprint density at radius 3 is 2.78 bits per heavy atom. The lowest BCUT2D eigenvalue weighted by atomic mass is 10.2. The van der Waals surface area contributed by atoms with Crippen molar-refractivity contribution in [3.63, 3.8) is 0 Å². The average molecular weight is 328 g/mol. The maximum atomic E-state index is 12.2. The van der Waals surface area contributed by atoms with Gasteiger partial charge in [0.05, 0.1) is 17.5 Å². The normalized spacial score (nSPS) is 12.2. The summed E-state index contributed by atoms with van der Waals surface area (Å²) in [6.45, 7) is 0.237. The van der Waals surface area contributed by atoms with Crippen molar-refractivity contribution in [3.05, 3.63) is 70.0 Å². The van der Waals surface area contributed by atoms with Crippen LogP contribution in [-0.4, -0.2) is 28.2 Å².